The van der Waals surface area contributed by atoms with Crippen molar-refractivity contribution in [1.29, 1.82) is 0 Å². The molecule has 4 aromatic rings. The zero-order valence-corrected chi connectivity index (χ0v) is 16.1. The van der Waals surface area contributed by atoms with Gasteiger partial charge in [0.2, 0.25) is 0 Å². The molecule has 0 unspecified atom stereocenters. The first-order valence-corrected chi connectivity index (χ1v) is 9.38. The molecule has 0 bridgehead atoms. The van der Waals surface area contributed by atoms with Crippen LogP contribution in [0.2, 0.25) is 0 Å². The highest BCUT2D eigenvalue weighted by molar-refractivity contribution is 9.10. The highest BCUT2D eigenvalue weighted by Gasteiger charge is 2.33. The molecule has 5 rings (SSSR count). The van der Waals surface area contributed by atoms with Crippen LogP contribution >= 0.6 is 15.9 Å². The Morgan fingerprint density at radius 3 is 2.61 bits per heavy atom. The minimum absolute atomic E-state index is 0.0872. The van der Waals surface area contributed by atoms with Crippen LogP contribution in [-0.2, 0) is 0 Å². The molecular formula is C22H13BrN2O3. The number of ketones is 1. The number of ether oxygens (including phenoxy) is 1. The van der Waals surface area contributed by atoms with E-state index in [1.165, 1.54) is 6.20 Å². The van der Waals surface area contributed by atoms with Crippen LogP contribution in [0.1, 0.15) is 15.9 Å². The van der Waals surface area contributed by atoms with Gasteiger partial charge in [-0.1, -0.05) is 51.9 Å². The molecule has 1 N–H and O–H groups in total. The van der Waals surface area contributed by atoms with Crippen LogP contribution in [0.5, 0.6) is 11.5 Å². The first-order valence-electron chi connectivity index (χ1n) is 8.58. The van der Waals surface area contributed by atoms with Crippen LogP contribution < -0.4 is 10.1 Å². The van der Waals surface area contributed by atoms with E-state index in [1.807, 2.05) is 42.5 Å². The number of aromatic nitrogens is 1. The van der Waals surface area contributed by atoms with E-state index >= 15 is 0 Å². The number of nitrogens with one attached hydrogen (secondary N) is 1. The second-order valence-electron chi connectivity index (χ2n) is 6.31. The van der Waals surface area contributed by atoms with E-state index in [9.17, 15) is 4.79 Å². The van der Waals surface area contributed by atoms with Crippen LogP contribution in [0.4, 0.5) is 5.69 Å². The largest absolute Gasteiger partial charge is 0.455 e. The van der Waals surface area contributed by atoms with Gasteiger partial charge in [-0.25, -0.2) is 0 Å². The lowest BCUT2D eigenvalue weighted by atomic mass is 9.86. The molecule has 0 spiro atoms. The third-order valence-electron chi connectivity index (χ3n) is 4.66. The number of hydrogen-bond donors (Lipinski definition) is 1. The summed E-state index contributed by atoms with van der Waals surface area (Å²) in [5.41, 5.74) is 2.92. The molecule has 0 atom stereocenters. The Morgan fingerprint density at radius 1 is 1.11 bits per heavy atom. The lowest BCUT2D eigenvalue weighted by Crippen LogP contribution is -2.11. The quantitative estimate of drug-likeness (QED) is 0.368. The molecule has 0 fully saturated rings. The molecule has 0 saturated heterocycles. The van der Waals surface area contributed by atoms with Crippen molar-refractivity contribution in [3.05, 3.63) is 83.0 Å². The fourth-order valence-electron chi connectivity index (χ4n) is 3.46. The summed E-state index contributed by atoms with van der Waals surface area (Å²) in [7, 11) is 0. The van der Waals surface area contributed by atoms with Crippen molar-refractivity contribution in [1.82, 2.24) is 5.16 Å². The van der Waals surface area contributed by atoms with Crippen LogP contribution in [0.15, 0.2) is 76.4 Å². The number of carbonyl (C=O) groups excluding carboxylic acids is 1. The van der Waals surface area contributed by atoms with Crippen molar-refractivity contribution in [2.45, 2.75) is 0 Å². The minimum Gasteiger partial charge on any atom is -0.455 e. The molecule has 3 aromatic carbocycles. The number of benzene rings is 3. The maximum atomic E-state index is 13.2. The molecule has 0 aliphatic heterocycles. The van der Waals surface area contributed by atoms with Gasteiger partial charge in [0.25, 0.3) is 0 Å². The Hall–Kier alpha value is -3.38. The van der Waals surface area contributed by atoms with Crippen molar-refractivity contribution < 1.29 is 14.1 Å². The smallest absolute Gasteiger partial charge is 0.196 e. The van der Waals surface area contributed by atoms with Crippen molar-refractivity contribution in [2.24, 2.45) is 0 Å². The summed E-state index contributed by atoms with van der Waals surface area (Å²) in [5.74, 6) is 1.62. The van der Waals surface area contributed by atoms with Gasteiger partial charge in [-0.3, -0.25) is 4.79 Å². The van der Waals surface area contributed by atoms with E-state index in [4.69, 9.17) is 9.26 Å². The van der Waals surface area contributed by atoms with E-state index < -0.39 is 0 Å². The van der Waals surface area contributed by atoms with Crippen molar-refractivity contribution in [2.75, 3.05) is 5.32 Å². The molecule has 28 heavy (non-hydrogen) atoms. The second kappa shape index (κ2) is 6.35. The van der Waals surface area contributed by atoms with Crippen molar-refractivity contribution >= 4 is 38.3 Å². The SMILES string of the molecule is C=CNc1cc(Oc2ccc(Br)cc2)c2noc3c2c1C(=O)c1ccccc1-3. The molecule has 136 valence electrons. The van der Waals surface area contributed by atoms with Crippen molar-refractivity contribution in [3.63, 3.8) is 0 Å². The summed E-state index contributed by atoms with van der Waals surface area (Å²) in [4.78, 5) is 13.2. The van der Waals surface area contributed by atoms with Crippen LogP contribution in [-0.4, -0.2) is 10.9 Å². The molecule has 0 radical (unpaired) electrons. The molecule has 1 heterocycles. The zero-order valence-electron chi connectivity index (χ0n) is 14.5. The van der Waals surface area contributed by atoms with Gasteiger partial charge in [-0.2, -0.15) is 0 Å². The van der Waals surface area contributed by atoms with Gasteiger partial charge in [-0.15, -0.1) is 0 Å². The standard InChI is InChI=1S/C22H13BrN2O3/c1-2-24-16-11-17(27-13-9-7-12(23)8-10-13)20-19-18(16)21(26)14-5-3-4-6-15(14)22(19)28-25-20/h2-11,24H,1H2. The van der Waals surface area contributed by atoms with E-state index in [1.54, 1.807) is 12.1 Å². The molecule has 1 aromatic heterocycles. The van der Waals surface area contributed by atoms with Crippen LogP contribution in [0.3, 0.4) is 0 Å². The zero-order chi connectivity index (χ0) is 19.3. The first kappa shape index (κ1) is 16.8. The summed E-state index contributed by atoms with van der Waals surface area (Å²) in [6, 6.07) is 16.6. The third kappa shape index (κ3) is 2.46. The minimum atomic E-state index is -0.0872. The second-order valence-corrected chi connectivity index (χ2v) is 7.23. The van der Waals surface area contributed by atoms with E-state index in [-0.39, 0.29) is 5.78 Å². The summed E-state index contributed by atoms with van der Waals surface area (Å²) in [6.45, 7) is 3.72. The van der Waals surface area contributed by atoms with Crippen LogP contribution in [0.25, 0.3) is 22.2 Å². The number of carbonyl (C=O) groups is 1. The topological polar surface area (TPSA) is 64.4 Å². The third-order valence-corrected chi connectivity index (χ3v) is 5.19. The number of anilines is 1. The number of hydrogen-bond acceptors (Lipinski definition) is 5. The Balaban J connectivity index is 1.77. The van der Waals surface area contributed by atoms with Crippen molar-refractivity contribution in [3.8, 4) is 22.8 Å². The Morgan fingerprint density at radius 2 is 1.86 bits per heavy atom. The predicted octanol–water partition coefficient (Wildman–Crippen LogP) is 6.15. The summed E-state index contributed by atoms with van der Waals surface area (Å²) in [5, 5.41) is 7.92. The van der Waals surface area contributed by atoms with Gasteiger partial charge in [0, 0.05) is 21.7 Å². The Bertz CT molecular complexity index is 1260. The number of halogens is 1. The molecule has 0 saturated carbocycles. The van der Waals surface area contributed by atoms with Crippen LogP contribution in [0, 0.1) is 0 Å². The highest BCUT2D eigenvalue weighted by Crippen LogP contribution is 2.46. The summed E-state index contributed by atoms with van der Waals surface area (Å²) in [6.07, 6.45) is 1.53. The summed E-state index contributed by atoms with van der Waals surface area (Å²) < 4.78 is 12.7. The monoisotopic (exact) mass is 432 g/mol. The van der Waals surface area contributed by atoms with Gasteiger partial charge >= 0.3 is 0 Å². The molecule has 0 amide bonds. The predicted molar refractivity (Wildman–Crippen MR) is 111 cm³/mol. The van der Waals surface area contributed by atoms with Gasteiger partial charge in [0.15, 0.2) is 22.8 Å². The average molecular weight is 433 g/mol. The van der Waals surface area contributed by atoms with E-state index in [0.717, 1.165) is 10.0 Å². The normalized spacial score (nSPS) is 12.0. The Kier molecular flexibility index (Phi) is 3.80. The van der Waals surface area contributed by atoms with Gasteiger partial charge in [0.1, 0.15) is 5.75 Å². The molecule has 6 heteroatoms. The lowest BCUT2D eigenvalue weighted by molar-refractivity contribution is 0.104. The highest BCUT2D eigenvalue weighted by atomic mass is 79.9. The fourth-order valence-corrected chi connectivity index (χ4v) is 3.73. The maximum absolute atomic E-state index is 13.2. The van der Waals surface area contributed by atoms with E-state index in [0.29, 0.717) is 45.0 Å². The van der Waals surface area contributed by atoms with Gasteiger partial charge in [0.05, 0.1) is 16.6 Å². The maximum Gasteiger partial charge on any atom is 0.196 e. The Labute approximate surface area is 168 Å². The first-order chi connectivity index (χ1) is 13.7. The molecule has 1 aliphatic rings. The van der Waals surface area contributed by atoms with E-state index in [2.05, 4.69) is 33.0 Å². The average Bonchev–Trinajstić information content (AvgIpc) is 3.15. The fraction of sp³-hybridized carbons (Fsp3) is 0. The number of fused-ring (bicyclic) bond motifs is 2. The summed E-state index contributed by atoms with van der Waals surface area (Å²) >= 11 is 3.41. The molecular weight excluding hydrogens is 420 g/mol. The number of rotatable bonds is 4. The molecule has 1 aliphatic carbocycles. The van der Waals surface area contributed by atoms with Gasteiger partial charge in [-0.05, 0) is 30.5 Å². The molecule has 5 nitrogen and oxygen atoms in total. The van der Waals surface area contributed by atoms with Gasteiger partial charge < -0.3 is 14.6 Å². The lowest BCUT2D eigenvalue weighted by Gasteiger charge is -2.18. The number of nitrogens with zero attached hydrogens (tertiary/aromatic N) is 1.